The van der Waals surface area contributed by atoms with E-state index in [0.717, 1.165) is 14.4 Å². The second-order valence-electron chi connectivity index (χ2n) is 6.61. The first-order valence-electron chi connectivity index (χ1n) is 9.09. The van der Waals surface area contributed by atoms with Crippen LogP contribution in [0.25, 0.3) is 17.3 Å². The van der Waals surface area contributed by atoms with Crippen molar-refractivity contribution in [3.63, 3.8) is 0 Å². The number of rotatable bonds is 7. The fraction of sp³-hybridized carbons (Fsp3) is 0.0952. The highest BCUT2D eigenvalue weighted by Crippen LogP contribution is 2.21. The molecular formula is C21H20N4O5S. The molecule has 10 heteroatoms. The predicted octanol–water partition coefficient (Wildman–Crippen LogP) is 2.55. The van der Waals surface area contributed by atoms with Crippen molar-refractivity contribution < 1.29 is 23.1 Å². The maximum atomic E-state index is 12.7. The molecule has 0 saturated heterocycles. The highest BCUT2D eigenvalue weighted by atomic mass is 32.2. The number of para-hydroxylation sites is 1. The van der Waals surface area contributed by atoms with Gasteiger partial charge < -0.3 is 10.4 Å². The van der Waals surface area contributed by atoms with Gasteiger partial charge in [-0.05, 0) is 18.2 Å². The van der Waals surface area contributed by atoms with Gasteiger partial charge in [-0.3, -0.25) is 4.79 Å². The van der Waals surface area contributed by atoms with Crippen LogP contribution in [0.3, 0.4) is 0 Å². The van der Waals surface area contributed by atoms with Gasteiger partial charge in [0.05, 0.1) is 23.1 Å². The van der Waals surface area contributed by atoms with Gasteiger partial charge in [-0.25, -0.2) is 13.8 Å². The van der Waals surface area contributed by atoms with Crippen molar-refractivity contribution in [1.82, 2.24) is 13.3 Å². The van der Waals surface area contributed by atoms with Crippen LogP contribution in [0, 0.1) is 0 Å². The number of carbonyl (C=O) groups is 2. The molecule has 0 fully saturated rings. The fourth-order valence-electron chi connectivity index (χ4n) is 2.70. The molecule has 0 saturated carbocycles. The number of aromatic nitrogens is 2. The van der Waals surface area contributed by atoms with E-state index < -0.39 is 22.1 Å². The molecule has 2 N–H and O–H groups in total. The van der Waals surface area contributed by atoms with Crippen LogP contribution in [0.15, 0.2) is 66.9 Å². The topological polar surface area (TPSA) is 122 Å². The van der Waals surface area contributed by atoms with E-state index in [0.29, 0.717) is 11.3 Å². The Bertz CT molecular complexity index is 1250. The molecule has 2 aromatic carbocycles. The van der Waals surface area contributed by atoms with Crippen LogP contribution in [-0.4, -0.2) is 52.8 Å². The van der Waals surface area contributed by atoms with Crippen molar-refractivity contribution in [1.29, 1.82) is 0 Å². The molecule has 0 spiro atoms. The van der Waals surface area contributed by atoms with Crippen molar-refractivity contribution in [2.75, 3.05) is 19.4 Å². The molecule has 31 heavy (non-hydrogen) atoms. The first-order valence-corrected chi connectivity index (χ1v) is 10.5. The lowest BCUT2D eigenvalue weighted by atomic mass is 10.2. The standard InChI is InChI=1S/C21H20N4O5S/c1-24(2)31(29,30)25-14-18(15-8-4-3-5-9-15)22-19(25)12-13-20(26)23-17-11-7-6-10-16(17)21(27)28/h3-14H,1-2H3,(H,23,26)(H,27,28). The molecular weight excluding hydrogens is 420 g/mol. The largest absolute Gasteiger partial charge is 0.478 e. The third-order valence-corrected chi connectivity index (χ3v) is 5.99. The molecule has 160 valence electrons. The first-order chi connectivity index (χ1) is 14.7. The average Bonchev–Trinajstić information content (AvgIpc) is 3.18. The van der Waals surface area contributed by atoms with E-state index in [9.17, 15) is 23.1 Å². The number of hydrogen-bond acceptors (Lipinski definition) is 5. The summed E-state index contributed by atoms with van der Waals surface area (Å²) in [6.07, 6.45) is 3.73. The molecule has 0 aliphatic rings. The minimum Gasteiger partial charge on any atom is -0.478 e. The van der Waals surface area contributed by atoms with E-state index in [2.05, 4.69) is 10.3 Å². The monoisotopic (exact) mass is 440 g/mol. The van der Waals surface area contributed by atoms with Gasteiger partial charge in [0, 0.05) is 25.7 Å². The number of nitrogens with zero attached hydrogens (tertiary/aromatic N) is 3. The number of anilines is 1. The zero-order chi connectivity index (χ0) is 22.6. The van der Waals surface area contributed by atoms with Gasteiger partial charge in [-0.1, -0.05) is 42.5 Å². The molecule has 1 heterocycles. The fourth-order valence-corrected chi connectivity index (χ4v) is 3.62. The van der Waals surface area contributed by atoms with Gasteiger partial charge in [-0.15, -0.1) is 0 Å². The van der Waals surface area contributed by atoms with E-state index in [1.165, 1.54) is 38.5 Å². The average molecular weight is 440 g/mol. The molecule has 0 radical (unpaired) electrons. The number of amides is 1. The Kier molecular flexibility index (Phi) is 6.33. The van der Waals surface area contributed by atoms with Crippen LogP contribution in [0.2, 0.25) is 0 Å². The Labute approximate surface area is 179 Å². The Balaban J connectivity index is 1.95. The Hall–Kier alpha value is -3.76. The SMILES string of the molecule is CN(C)S(=O)(=O)n1cc(-c2ccccc2)nc1C=CC(=O)Nc1ccccc1C(=O)O. The maximum Gasteiger partial charge on any atom is 0.337 e. The molecule has 1 aromatic heterocycles. The summed E-state index contributed by atoms with van der Waals surface area (Å²) in [7, 11) is -1.11. The summed E-state index contributed by atoms with van der Waals surface area (Å²) >= 11 is 0. The lowest BCUT2D eigenvalue weighted by Crippen LogP contribution is -2.29. The minimum absolute atomic E-state index is 0.0224. The zero-order valence-corrected chi connectivity index (χ0v) is 17.6. The van der Waals surface area contributed by atoms with Gasteiger partial charge in [0.25, 0.3) is 0 Å². The number of carboxylic acids is 1. The van der Waals surface area contributed by atoms with Crippen molar-refractivity contribution in [2.24, 2.45) is 0 Å². The number of benzene rings is 2. The van der Waals surface area contributed by atoms with E-state index in [4.69, 9.17) is 0 Å². The van der Waals surface area contributed by atoms with Gasteiger partial charge in [0.2, 0.25) is 5.91 Å². The molecule has 0 aliphatic carbocycles. The number of hydrogen-bond donors (Lipinski definition) is 2. The summed E-state index contributed by atoms with van der Waals surface area (Å²) in [6.45, 7) is 0. The van der Waals surface area contributed by atoms with Crippen LogP contribution in [0.4, 0.5) is 5.69 Å². The van der Waals surface area contributed by atoms with E-state index in [1.54, 1.807) is 36.4 Å². The Morgan fingerprint density at radius 1 is 1.06 bits per heavy atom. The second kappa shape index (κ2) is 8.94. The number of carboxylic acid groups (broad SMARTS) is 1. The lowest BCUT2D eigenvalue weighted by Gasteiger charge is -2.12. The number of aromatic carboxylic acids is 1. The second-order valence-corrected chi connectivity index (χ2v) is 8.63. The minimum atomic E-state index is -3.89. The molecule has 9 nitrogen and oxygen atoms in total. The van der Waals surface area contributed by atoms with Crippen LogP contribution in [0.5, 0.6) is 0 Å². The van der Waals surface area contributed by atoms with Gasteiger partial charge in [0.1, 0.15) is 5.82 Å². The maximum absolute atomic E-state index is 12.7. The third kappa shape index (κ3) is 4.87. The van der Waals surface area contributed by atoms with Gasteiger partial charge in [-0.2, -0.15) is 12.7 Å². The number of nitrogens with one attached hydrogen (secondary N) is 1. The van der Waals surface area contributed by atoms with Crippen molar-refractivity contribution >= 4 is 33.8 Å². The summed E-state index contributed by atoms with van der Waals surface area (Å²) in [5.41, 5.74) is 1.19. The van der Waals surface area contributed by atoms with Crippen LogP contribution in [-0.2, 0) is 15.0 Å². The normalized spacial score (nSPS) is 11.7. The summed E-state index contributed by atoms with van der Waals surface area (Å²) < 4.78 is 27.4. The highest BCUT2D eigenvalue weighted by Gasteiger charge is 2.21. The van der Waals surface area contributed by atoms with E-state index in [1.807, 2.05) is 6.07 Å². The molecule has 3 rings (SSSR count). The highest BCUT2D eigenvalue weighted by molar-refractivity contribution is 7.87. The van der Waals surface area contributed by atoms with Crippen molar-refractivity contribution in [3.05, 3.63) is 78.3 Å². The third-order valence-electron chi connectivity index (χ3n) is 4.28. The Morgan fingerprint density at radius 2 is 1.71 bits per heavy atom. The van der Waals surface area contributed by atoms with E-state index >= 15 is 0 Å². The summed E-state index contributed by atoms with van der Waals surface area (Å²) in [6, 6.07) is 15.0. The molecule has 0 aliphatic heterocycles. The summed E-state index contributed by atoms with van der Waals surface area (Å²) in [5, 5.41) is 11.7. The quantitative estimate of drug-likeness (QED) is 0.545. The summed E-state index contributed by atoms with van der Waals surface area (Å²) in [5.74, 6) is -1.79. The molecule has 3 aromatic rings. The Morgan fingerprint density at radius 3 is 2.35 bits per heavy atom. The number of imidazole rings is 1. The lowest BCUT2D eigenvalue weighted by molar-refractivity contribution is -0.111. The van der Waals surface area contributed by atoms with Crippen molar-refractivity contribution in [2.45, 2.75) is 0 Å². The molecule has 1 amide bonds. The smallest absolute Gasteiger partial charge is 0.337 e. The van der Waals surface area contributed by atoms with Gasteiger partial charge >= 0.3 is 16.2 Å². The molecule has 0 bridgehead atoms. The molecule has 0 atom stereocenters. The number of carbonyl (C=O) groups excluding carboxylic acids is 1. The molecule has 0 unspecified atom stereocenters. The first kappa shape index (κ1) is 21.9. The van der Waals surface area contributed by atoms with Gasteiger partial charge in [0.15, 0.2) is 0 Å². The zero-order valence-electron chi connectivity index (χ0n) is 16.8. The van der Waals surface area contributed by atoms with Crippen LogP contribution >= 0.6 is 0 Å². The van der Waals surface area contributed by atoms with Crippen LogP contribution < -0.4 is 5.32 Å². The van der Waals surface area contributed by atoms with Crippen molar-refractivity contribution in [3.8, 4) is 11.3 Å². The van der Waals surface area contributed by atoms with Crippen LogP contribution in [0.1, 0.15) is 16.2 Å². The summed E-state index contributed by atoms with van der Waals surface area (Å²) in [4.78, 5) is 28.0. The van der Waals surface area contributed by atoms with E-state index in [-0.39, 0.29) is 17.1 Å². The predicted molar refractivity (Wildman–Crippen MR) is 117 cm³/mol.